The molecule has 3 aromatic rings. The molecule has 1 aliphatic heterocycles. The van der Waals surface area contributed by atoms with Crippen LogP contribution in [0.5, 0.6) is 0 Å². The summed E-state index contributed by atoms with van der Waals surface area (Å²) in [7, 11) is 1.42. The largest absolute Gasteiger partial charge is 0.469 e. The second-order valence-corrected chi connectivity index (χ2v) is 9.16. The summed E-state index contributed by atoms with van der Waals surface area (Å²) in [6.45, 7) is 3.16. The maximum atomic E-state index is 13.8. The molecule has 156 valence electrons. The molecule has 1 fully saturated rings. The lowest BCUT2D eigenvalue weighted by Crippen LogP contribution is -2.50. The summed E-state index contributed by atoms with van der Waals surface area (Å²) in [5.41, 5.74) is 1.25. The van der Waals surface area contributed by atoms with Gasteiger partial charge < -0.3 is 9.64 Å². The van der Waals surface area contributed by atoms with Gasteiger partial charge >= 0.3 is 5.97 Å². The minimum atomic E-state index is -0.715. The predicted molar refractivity (Wildman–Crippen MR) is 118 cm³/mol. The van der Waals surface area contributed by atoms with Crippen molar-refractivity contribution < 1.29 is 14.3 Å². The quantitative estimate of drug-likeness (QED) is 0.578. The molecule has 2 aromatic carbocycles. The van der Waals surface area contributed by atoms with Gasteiger partial charge in [-0.15, -0.1) is 11.3 Å². The van der Waals surface area contributed by atoms with Crippen molar-refractivity contribution >= 4 is 33.4 Å². The van der Waals surface area contributed by atoms with Gasteiger partial charge in [0.05, 0.1) is 33.7 Å². The number of likely N-dealkylation sites (tertiary alicyclic amines) is 1. The molecule has 5 nitrogen and oxygen atoms in total. The summed E-state index contributed by atoms with van der Waals surface area (Å²) >= 11 is 1.65. The molecule has 0 N–H and O–H groups in total. The number of nitrogens with zero attached hydrogens (tertiary/aromatic N) is 2. The lowest BCUT2D eigenvalue weighted by molar-refractivity contribution is -0.149. The zero-order valence-electron chi connectivity index (χ0n) is 17.3. The van der Waals surface area contributed by atoms with Crippen molar-refractivity contribution in [3.8, 4) is 0 Å². The van der Waals surface area contributed by atoms with E-state index in [0.717, 1.165) is 20.8 Å². The first kappa shape index (κ1) is 20.5. The molecule has 1 atom stereocenters. The van der Waals surface area contributed by atoms with Gasteiger partial charge in [-0.3, -0.25) is 9.59 Å². The van der Waals surface area contributed by atoms with Crippen molar-refractivity contribution in [1.82, 2.24) is 9.88 Å². The molecule has 6 heteroatoms. The maximum Gasteiger partial charge on any atom is 0.308 e. The van der Waals surface area contributed by atoms with Gasteiger partial charge in [-0.1, -0.05) is 42.5 Å². The average Bonchev–Trinajstić information content (AvgIpc) is 3.20. The number of thiazole rings is 1. The van der Waals surface area contributed by atoms with Crippen LogP contribution < -0.4 is 0 Å². The number of amides is 1. The van der Waals surface area contributed by atoms with Crippen molar-refractivity contribution in [3.63, 3.8) is 0 Å². The zero-order chi connectivity index (χ0) is 21.1. The first-order valence-electron chi connectivity index (χ1n) is 10.3. The number of hydrogen-bond acceptors (Lipinski definition) is 5. The summed E-state index contributed by atoms with van der Waals surface area (Å²) in [5, 5.41) is 0.959. The molecule has 1 unspecified atom stereocenters. The van der Waals surface area contributed by atoms with Crippen LogP contribution >= 0.6 is 11.3 Å². The molecule has 1 amide bonds. The third kappa shape index (κ3) is 3.97. The highest BCUT2D eigenvalue weighted by atomic mass is 32.1. The average molecular weight is 423 g/mol. The first-order chi connectivity index (χ1) is 14.5. The second kappa shape index (κ2) is 8.56. The third-order valence-corrected chi connectivity index (χ3v) is 7.08. The molecule has 0 saturated carbocycles. The Morgan fingerprint density at radius 2 is 1.77 bits per heavy atom. The predicted octanol–water partition coefficient (Wildman–Crippen LogP) is 4.21. The molecular weight excluding hydrogens is 396 g/mol. The Labute approximate surface area is 180 Å². The van der Waals surface area contributed by atoms with E-state index >= 15 is 0 Å². The summed E-state index contributed by atoms with van der Waals surface area (Å²) in [6.07, 6.45) is 1.83. The molecule has 1 saturated heterocycles. The number of aromatic nitrogens is 1. The highest BCUT2D eigenvalue weighted by molar-refractivity contribution is 7.18. The number of methoxy groups -OCH3 is 1. The van der Waals surface area contributed by atoms with E-state index < -0.39 is 5.41 Å². The Morgan fingerprint density at radius 3 is 2.43 bits per heavy atom. The zero-order valence-corrected chi connectivity index (χ0v) is 18.2. The number of carbonyl (C=O) groups excluding carboxylic acids is 2. The molecule has 0 bridgehead atoms. The monoisotopic (exact) mass is 422 g/mol. The Balaban J connectivity index is 1.61. The fourth-order valence-electron chi connectivity index (χ4n) is 4.24. The van der Waals surface area contributed by atoms with Gasteiger partial charge in [-0.2, -0.15) is 0 Å². The smallest absolute Gasteiger partial charge is 0.308 e. The van der Waals surface area contributed by atoms with Gasteiger partial charge in [0.25, 0.3) is 0 Å². The van der Waals surface area contributed by atoms with Crippen molar-refractivity contribution in [1.29, 1.82) is 0 Å². The summed E-state index contributed by atoms with van der Waals surface area (Å²) < 4.78 is 6.01. The van der Waals surface area contributed by atoms with Crippen LogP contribution in [0.1, 0.15) is 30.3 Å². The van der Waals surface area contributed by atoms with E-state index in [1.165, 1.54) is 7.11 Å². The van der Waals surface area contributed by atoms with E-state index in [0.29, 0.717) is 32.4 Å². The summed E-state index contributed by atoms with van der Waals surface area (Å²) in [6, 6.07) is 18.0. The topological polar surface area (TPSA) is 59.5 Å². The Hall–Kier alpha value is -2.73. The third-order valence-electron chi connectivity index (χ3n) is 6.04. The standard InChI is InChI=1S/C24H26N2O3S/c1-24(18-8-4-3-5-9-18,16-21-25-19-10-6-7-11-20(19)30-21)23(28)26-14-12-17(13-15-26)22(27)29-2/h3-11,17H,12-16H2,1-2H3. The molecule has 2 heterocycles. The molecule has 1 aliphatic rings. The number of rotatable bonds is 5. The van der Waals surface area contributed by atoms with Gasteiger partial charge in [0.2, 0.25) is 5.91 Å². The highest BCUT2D eigenvalue weighted by Crippen LogP contribution is 2.34. The van der Waals surface area contributed by atoms with Gasteiger partial charge in [0.15, 0.2) is 0 Å². The number of carbonyl (C=O) groups is 2. The van der Waals surface area contributed by atoms with E-state index in [1.807, 2.05) is 60.4 Å². The van der Waals surface area contributed by atoms with Crippen LogP contribution in [0.15, 0.2) is 54.6 Å². The lowest BCUT2D eigenvalue weighted by Gasteiger charge is -2.38. The molecule has 0 radical (unpaired) electrons. The fourth-order valence-corrected chi connectivity index (χ4v) is 5.36. The van der Waals surface area contributed by atoms with E-state index in [-0.39, 0.29) is 17.8 Å². The number of para-hydroxylation sites is 1. The van der Waals surface area contributed by atoms with E-state index in [4.69, 9.17) is 9.72 Å². The molecule has 0 aliphatic carbocycles. The number of hydrogen-bond donors (Lipinski definition) is 0. The van der Waals surface area contributed by atoms with Gasteiger partial charge in [0.1, 0.15) is 0 Å². The summed E-state index contributed by atoms with van der Waals surface area (Å²) in [4.78, 5) is 32.3. The maximum absolute atomic E-state index is 13.8. The van der Waals surface area contributed by atoms with Crippen LogP contribution in [0.25, 0.3) is 10.2 Å². The number of piperidine rings is 1. The second-order valence-electron chi connectivity index (χ2n) is 8.04. The number of esters is 1. The van der Waals surface area contributed by atoms with Crippen LogP contribution in [-0.2, 0) is 26.2 Å². The Kier molecular flexibility index (Phi) is 5.86. The van der Waals surface area contributed by atoms with E-state index in [9.17, 15) is 9.59 Å². The Morgan fingerprint density at radius 1 is 1.10 bits per heavy atom. The molecular formula is C24H26N2O3S. The van der Waals surface area contributed by atoms with E-state index in [1.54, 1.807) is 11.3 Å². The van der Waals surface area contributed by atoms with Crippen LogP contribution in [0.3, 0.4) is 0 Å². The van der Waals surface area contributed by atoms with Crippen molar-refractivity contribution in [3.05, 3.63) is 65.2 Å². The molecule has 4 rings (SSSR count). The fraction of sp³-hybridized carbons (Fsp3) is 0.375. The first-order valence-corrected chi connectivity index (χ1v) is 11.1. The van der Waals surface area contributed by atoms with Crippen LogP contribution in [-0.4, -0.2) is 42.0 Å². The van der Waals surface area contributed by atoms with Crippen molar-refractivity contribution in [2.24, 2.45) is 5.92 Å². The molecule has 30 heavy (non-hydrogen) atoms. The summed E-state index contributed by atoms with van der Waals surface area (Å²) in [5.74, 6) is -0.204. The van der Waals surface area contributed by atoms with Gasteiger partial charge in [0, 0.05) is 19.5 Å². The highest BCUT2D eigenvalue weighted by Gasteiger charge is 2.41. The van der Waals surface area contributed by atoms with Gasteiger partial charge in [-0.25, -0.2) is 4.98 Å². The number of fused-ring (bicyclic) bond motifs is 1. The van der Waals surface area contributed by atoms with Crippen LogP contribution in [0.4, 0.5) is 0 Å². The van der Waals surface area contributed by atoms with Crippen LogP contribution in [0.2, 0.25) is 0 Å². The van der Waals surface area contributed by atoms with E-state index in [2.05, 4.69) is 6.07 Å². The van der Waals surface area contributed by atoms with Crippen molar-refractivity contribution in [2.45, 2.75) is 31.6 Å². The normalized spacial score (nSPS) is 16.9. The molecule has 0 spiro atoms. The SMILES string of the molecule is COC(=O)C1CCN(C(=O)C(C)(Cc2nc3ccccc3s2)c2ccccc2)CC1. The number of ether oxygens (including phenoxy) is 1. The Bertz CT molecular complexity index is 1010. The van der Waals surface area contributed by atoms with Crippen LogP contribution in [0, 0.1) is 5.92 Å². The minimum absolute atomic E-state index is 0.0938. The minimum Gasteiger partial charge on any atom is -0.469 e. The van der Waals surface area contributed by atoms with Gasteiger partial charge in [-0.05, 0) is 37.5 Å². The molecule has 1 aromatic heterocycles. The lowest BCUT2D eigenvalue weighted by atomic mass is 9.77. The number of benzene rings is 2. The van der Waals surface area contributed by atoms with Crippen molar-refractivity contribution in [2.75, 3.05) is 20.2 Å².